The lowest BCUT2D eigenvalue weighted by Crippen LogP contribution is -2.13. The minimum Gasteiger partial charge on any atom is -0.389 e. The highest BCUT2D eigenvalue weighted by Crippen LogP contribution is 2.20. The van der Waals surface area contributed by atoms with E-state index in [1.54, 1.807) is 31.2 Å². The molecule has 0 aliphatic heterocycles. The van der Waals surface area contributed by atoms with Crippen LogP contribution in [0.4, 0.5) is 5.69 Å². The molecule has 21 heavy (non-hydrogen) atoms. The summed E-state index contributed by atoms with van der Waals surface area (Å²) in [6, 6.07) is 14.1. The molecule has 1 unspecified atom stereocenters. The first-order chi connectivity index (χ1) is 9.92. The molecule has 0 heterocycles. The number of nitrogens with one attached hydrogen (secondary N) is 1. The summed E-state index contributed by atoms with van der Waals surface area (Å²) in [5.74, 6) is 0. The van der Waals surface area contributed by atoms with Gasteiger partial charge < -0.3 is 5.11 Å². The van der Waals surface area contributed by atoms with Crippen molar-refractivity contribution in [2.75, 3.05) is 4.72 Å². The van der Waals surface area contributed by atoms with Gasteiger partial charge in [-0.3, -0.25) is 4.72 Å². The third-order valence-electron chi connectivity index (χ3n) is 2.91. The lowest BCUT2D eigenvalue weighted by molar-refractivity contribution is 0.199. The Hall–Kier alpha value is -2.36. The van der Waals surface area contributed by atoms with Crippen LogP contribution in [0.2, 0.25) is 0 Å². The van der Waals surface area contributed by atoms with Gasteiger partial charge in [-0.2, -0.15) is 5.26 Å². The zero-order valence-corrected chi connectivity index (χ0v) is 12.1. The Labute approximate surface area is 123 Å². The fraction of sp³-hybridized carbons (Fsp3) is 0.133. The standard InChI is InChI=1S/C15H14N2O3S/c1-11(18)13-3-2-4-14(9-13)17-21(19,20)15-7-5-12(10-16)6-8-15/h2-9,11,17-18H,1H3. The molecular formula is C15H14N2O3S. The van der Waals surface area contributed by atoms with Crippen molar-refractivity contribution in [1.82, 2.24) is 0 Å². The van der Waals surface area contributed by atoms with Crippen LogP contribution in [-0.2, 0) is 10.0 Å². The maximum absolute atomic E-state index is 12.2. The Kier molecular flexibility index (Phi) is 4.26. The van der Waals surface area contributed by atoms with Crippen LogP contribution in [0.25, 0.3) is 0 Å². The molecule has 0 radical (unpaired) electrons. The molecule has 2 aromatic rings. The Balaban J connectivity index is 2.28. The summed E-state index contributed by atoms with van der Waals surface area (Å²) in [6.45, 7) is 1.61. The summed E-state index contributed by atoms with van der Waals surface area (Å²) in [7, 11) is -3.72. The second kappa shape index (κ2) is 5.95. The molecule has 0 bridgehead atoms. The second-order valence-corrected chi connectivity index (χ2v) is 6.23. The monoisotopic (exact) mass is 302 g/mol. The van der Waals surface area contributed by atoms with E-state index < -0.39 is 16.1 Å². The minimum absolute atomic E-state index is 0.0731. The summed E-state index contributed by atoms with van der Waals surface area (Å²) < 4.78 is 26.9. The number of anilines is 1. The van der Waals surface area contributed by atoms with Crippen molar-refractivity contribution >= 4 is 15.7 Å². The second-order valence-electron chi connectivity index (χ2n) is 4.54. The van der Waals surface area contributed by atoms with Crippen molar-refractivity contribution in [3.63, 3.8) is 0 Å². The first-order valence-corrected chi connectivity index (χ1v) is 7.72. The van der Waals surface area contributed by atoms with Crippen LogP contribution >= 0.6 is 0 Å². The van der Waals surface area contributed by atoms with Gasteiger partial charge in [-0.25, -0.2) is 8.42 Å². The van der Waals surface area contributed by atoms with Crippen molar-refractivity contribution in [3.8, 4) is 6.07 Å². The highest BCUT2D eigenvalue weighted by atomic mass is 32.2. The molecule has 0 saturated carbocycles. The summed E-state index contributed by atoms with van der Waals surface area (Å²) in [5, 5.41) is 18.2. The van der Waals surface area contributed by atoms with Gasteiger partial charge in [-0.05, 0) is 48.9 Å². The Morgan fingerprint density at radius 1 is 1.19 bits per heavy atom. The van der Waals surface area contributed by atoms with Gasteiger partial charge in [0.1, 0.15) is 0 Å². The molecule has 6 heteroatoms. The van der Waals surface area contributed by atoms with Crippen LogP contribution < -0.4 is 4.72 Å². The number of nitrogens with zero attached hydrogens (tertiary/aromatic N) is 1. The number of aliphatic hydroxyl groups is 1. The van der Waals surface area contributed by atoms with Gasteiger partial charge in [0, 0.05) is 5.69 Å². The van der Waals surface area contributed by atoms with Gasteiger partial charge in [-0.15, -0.1) is 0 Å². The maximum Gasteiger partial charge on any atom is 0.261 e. The van der Waals surface area contributed by atoms with E-state index in [1.807, 2.05) is 6.07 Å². The third kappa shape index (κ3) is 3.60. The fourth-order valence-corrected chi connectivity index (χ4v) is 2.83. The van der Waals surface area contributed by atoms with Crippen LogP contribution in [0, 0.1) is 11.3 Å². The summed E-state index contributed by atoms with van der Waals surface area (Å²) >= 11 is 0. The van der Waals surface area contributed by atoms with Crippen LogP contribution in [0.5, 0.6) is 0 Å². The molecule has 0 aliphatic carbocycles. The number of rotatable bonds is 4. The van der Waals surface area contributed by atoms with Gasteiger partial charge in [0.15, 0.2) is 0 Å². The molecule has 108 valence electrons. The topological polar surface area (TPSA) is 90.2 Å². The fourth-order valence-electron chi connectivity index (χ4n) is 1.78. The Morgan fingerprint density at radius 2 is 1.86 bits per heavy atom. The summed E-state index contributed by atoms with van der Waals surface area (Å²) in [6.07, 6.45) is -0.677. The molecule has 2 aromatic carbocycles. The van der Waals surface area contributed by atoms with Gasteiger partial charge in [-0.1, -0.05) is 12.1 Å². The minimum atomic E-state index is -3.72. The molecule has 0 aromatic heterocycles. The van der Waals surface area contributed by atoms with Gasteiger partial charge in [0.2, 0.25) is 0 Å². The first-order valence-electron chi connectivity index (χ1n) is 6.23. The number of nitriles is 1. The van der Waals surface area contributed by atoms with Gasteiger partial charge in [0.25, 0.3) is 10.0 Å². The van der Waals surface area contributed by atoms with Crippen LogP contribution in [0.3, 0.4) is 0 Å². The van der Waals surface area contributed by atoms with E-state index in [1.165, 1.54) is 24.3 Å². The third-order valence-corrected chi connectivity index (χ3v) is 4.31. The molecule has 2 N–H and O–H groups in total. The molecule has 5 nitrogen and oxygen atoms in total. The van der Waals surface area contributed by atoms with E-state index in [4.69, 9.17) is 5.26 Å². The predicted octanol–water partition coefficient (Wildman–Crippen LogP) is 2.41. The number of hydrogen-bond acceptors (Lipinski definition) is 4. The van der Waals surface area contributed by atoms with Crippen molar-refractivity contribution in [2.24, 2.45) is 0 Å². The molecule has 0 aliphatic rings. The molecular weight excluding hydrogens is 288 g/mol. The molecule has 1 atom stereocenters. The SMILES string of the molecule is CC(O)c1cccc(NS(=O)(=O)c2ccc(C#N)cc2)c1. The van der Waals surface area contributed by atoms with E-state index in [-0.39, 0.29) is 4.90 Å². The van der Waals surface area contributed by atoms with Crippen LogP contribution in [0.1, 0.15) is 24.2 Å². The Morgan fingerprint density at radius 3 is 2.43 bits per heavy atom. The molecule has 0 saturated heterocycles. The van der Waals surface area contributed by atoms with Crippen molar-refractivity contribution < 1.29 is 13.5 Å². The number of hydrogen-bond donors (Lipinski definition) is 2. The molecule has 0 spiro atoms. The quantitative estimate of drug-likeness (QED) is 0.907. The summed E-state index contributed by atoms with van der Waals surface area (Å²) in [4.78, 5) is 0.0731. The lowest BCUT2D eigenvalue weighted by Gasteiger charge is -2.10. The average Bonchev–Trinajstić information content (AvgIpc) is 2.47. The Bertz CT molecular complexity index is 775. The first kappa shape index (κ1) is 15.0. The normalized spacial score (nSPS) is 12.4. The number of sulfonamides is 1. The van der Waals surface area contributed by atoms with Crippen molar-refractivity contribution in [1.29, 1.82) is 5.26 Å². The van der Waals surface area contributed by atoms with E-state index in [2.05, 4.69) is 4.72 Å². The van der Waals surface area contributed by atoms with E-state index in [0.717, 1.165) is 0 Å². The highest BCUT2D eigenvalue weighted by Gasteiger charge is 2.14. The number of aliphatic hydroxyl groups excluding tert-OH is 1. The van der Waals surface area contributed by atoms with Crippen LogP contribution in [0.15, 0.2) is 53.4 Å². The summed E-state index contributed by atoms with van der Waals surface area (Å²) in [5.41, 5.74) is 1.39. The zero-order chi connectivity index (χ0) is 15.5. The van der Waals surface area contributed by atoms with E-state index >= 15 is 0 Å². The molecule has 0 amide bonds. The maximum atomic E-state index is 12.2. The van der Waals surface area contributed by atoms with Crippen LogP contribution in [-0.4, -0.2) is 13.5 Å². The van der Waals surface area contributed by atoms with E-state index in [0.29, 0.717) is 16.8 Å². The predicted molar refractivity (Wildman–Crippen MR) is 79.0 cm³/mol. The van der Waals surface area contributed by atoms with Crippen molar-refractivity contribution in [2.45, 2.75) is 17.9 Å². The lowest BCUT2D eigenvalue weighted by atomic mass is 10.1. The smallest absolute Gasteiger partial charge is 0.261 e. The van der Waals surface area contributed by atoms with Gasteiger partial charge in [0.05, 0.1) is 22.6 Å². The van der Waals surface area contributed by atoms with E-state index in [9.17, 15) is 13.5 Å². The van der Waals surface area contributed by atoms with Gasteiger partial charge >= 0.3 is 0 Å². The molecule has 0 fully saturated rings. The largest absolute Gasteiger partial charge is 0.389 e. The highest BCUT2D eigenvalue weighted by molar-refractivity contribution is 7.92. The number of benzene rings is 2. The van der Waals surface area contributed by atoms with Crippen molar-refractivity contribution in [3.05, 3.63) is 59.7 Å². The molecule has 2 rings (SSSR count). The average molecular weight is 302 g/mol. The zero-order valence-electron chi connectivity index (χ0n) is 11.3.